The summed E-state index contributed by atoms with van der Waals surface area (Å²) in [6, 6.07) is 11.0. The molecule has 7 heteroatoms. The Bertz CT molecular complexity index is 784. The third-order valence-corrected chi connectivity index (χ3v) is 4.52. The molecule has 25 heavy (non-hydrogen) atoms. The highest BCUT2D eigenvalue weighted by Crippen LogP contribution is 2.33. The minimum absolute atomic E-state index is 0.0335. The molecule has 1 aliphatic rings. The smallest absolute Gasteiger partial charge is 0.303 e. The highest BCUT2D eigenvalue weighted by molar-refractivity contribution is 9.10. The van der Waals surface area contributed by atoms with Crippen LogP contribution in [0, 0.1) is 0 Å². The Morgan fingerprint density at radius 1 is 1.24 bits per heavy atom. The zero-order chi connectivity index (χ0) is 17.8. The average molecular weight is 405 g/mol. The first kappa shape index (κ1) is 17.4. The van der Waals surface area contributed by atoms with Crippen LogP contribution in [0.15, 0.2) is 56.7 Å². The van der Waals surface area contributed by atoms with Gasteiger partial charge in [-0.25, -0.2) is 5.01 Å². The maximum absolute atomic E-state index is 12.5. The van der Waals surface area contributed by atoms with E-state index in [1.54, 1.807) is 12.3 Å². The Morgan fingerprint density at radius 2 is 2.00 bits per heavy atom. The van der Waals surface area contributed by atoms with Crippen molar-refractivity contribution >= 4 is 33.5 Å². The monoisotopic (exact) mass is 404 g/mol. The maximum Gasteiger partial charge on any atom is 0.303 e. The largest absolute Gasteiger partial charge is 0.481 e. The van der Waals surface area contributed by atoms with Gasteiger partial charge in [0.2, 0.25) is 5.91 Å². The van der Waals surface area contributed by atoms with Crippen molar-refractivity contribution in [2.75, 3.05) is 0 Å². The van der Waals surface area contributed by atoms with E-state index in [4.69, 9.17) is 9.52 Å². The standard InChI is InChI=1S/C18H17BrN2O4/c19-13-8-6-12(7-9-13)14-11-15(16-3-2-10-25-16)21(20-14)17(22)4-1-5-18(23)24/h2-3,6-10,15H,1,4-5,11H2,(H,23,24)/t15-/m0/s1. The molecule has 1 aromatic heterocycles. The lowest BCUT2D eigenvalue weighted by molar-refractivity contribution is -0.137. The van der Waals surface area contributed by atoms with E-state index in [1.165, 1.54) is 5.01 Å². The number of benzene rings is 1. The Balaban J connectivity index is 1.80. The number of carbonyl (C=O) groups excluding carboxylic acids is 1. The summed E-state index contributed by atoms with van der Waals surface area (Å²) in [7, 11) is 0. The lowest BCUT2D eigenvalue weighted by atomic mass is 10.0. The van der Waals surface area contributed by atoms with Crippen LogP contribution in [0.25, 0.3) is 0 Å². The van der Waals surface area contributed by atoms with E-state index in [-0.39, 0.29) is 24.8 Å². The molecule has 6 nitrogen and oxygen atoms in total. The first-order valence-electron chi connectivity index (χ1n) is 7.95. The van der Waals surface area contributed by atoms with E-state index in [9.17, 15) is 9.59 Å². The van der Waals surface area contributed by atoms with E-state index in [0.717, 1.165) is 15.7 Å². The molecule has 1 amide bonds. The molecule has 2 heterocycles. The fourth-order valence-electron chi connectivity index (χ4n) is 2.76. The fraction of sp³-hybridized carbons (Fsp3) is 0.278. The molecule has 2 aromatic rings. The summed E-state index contributed by atoms with van der Waals surface area (Å²) in [5.74, 6) is -0.437. The van der Waals surface area contributed by atoms with Crippen LogP contribution in [-0.2, 0) is 9.59 Å². The van der Waals surface area contributed by atoms with E-state index in [1.807, 2.05) is 30.3 Å². The van der Waals surface area contributed by atoms with Crippen molar-refractivity contribution in [2.24, 2.45) is 5.10 Å². The number of carbonyl (C=O) groups is 2. The minimum atomic E-state index is -0.907. The normalized spacial score (nSPS) is 16.8. The summed E-state index contributed by atoms with van der Waals surface area (Å²) in [5, 5.41) is 14.7. The summed E-state index contributed by atoms with van der Waals surface area (Å²) in [6.45, 7) is 0. The number of halogens is 1. The number of carboxylic acids is 1. The SMILES string of the molecule is O=C(O)CCCC(=O)N1N=C(c2ccc(Br)cc2)C[C@H]1c1ccco1. The number of amides is 1. The van der Waals surface area contributed by atoms with Crippen molar-refractivity contribution in [3.05, 3.63) is 58.5 Å². The summed E-state index contributed by atoms with van der Waals surface area (Å²) in [5.41, 5.74) is 1.75. The fourth-order valence-corrected chi connectivity index (χ4v) is 3.03. The van der Waals surface area contributed by atoms with Crippen molar-refractivity contribution in [1.29, 1.82) is 0 Å². The lowest BCUT2D eigenvalue weighted by Gasteiger charge is -2.19. The van der Waals surface area contributed by atoms with Gasteiger partial charge in [-0.3, -0.25) is 9.59 Å². The molecule has 1 aromatic carbocycles. The van der Waals surface area contributed by atoms with Gasteiger partial charge in [-0.15, -0.1) is 0 Å². The molecule has 1 aliphatic heterocycles. The van der Waals surface area contributed by atoms with E-state index >= 15 is 0 Å². The Hall–Kier alpha value is -2.41. The van der Waals surface area contributed by atoms with Gasteiger partial charge >= 0.3 is 5.97 Å². The van der Waals surface area contributed by atoms with E-state index in [2.05, 4.69) is 21.0 Å². The highest BCUT2D eigenvalue weighted by Gasteiger charge is 2.34. The van der Waals surface area contributed by atoms with Crippen LogP contribution in [0.4, 0.5) is 0 Å². The second-order valence-electron chi connectivity index (χ2n) is 5.77. The number of hydrazone groups is 1. The number of hydrogen-bond acceptors (Lipinski definition) is 4. The second kappa shape index (κ2) is 7.65. The minimum Gasteiger partial charge on any atom is -0.481 e. The zero-order valence-electron chi connectivity index (χ0n) is 13.4. The van der Waals surface area contributed by atoms with Crippen molar-refractivity contribution in [1.82, 2.24) is 5.01 Å². The van der Waals surface area contributed by atoms with Gasteiger partial charge in [0.25, 0.3) is 0 Å². The third kappa shape index (κ3) is 4.17. The molecule has 0 radical (unpaired) electrons. The van der Waals surface area contributed by atoms with Gasteiger partial charge in [-0.1, -0.05) is 28.1 Å². The molecule has 0 bridgehead atoms. The van der Waals surface area contributed by atoms with Gasteiger partial charge < -0.3 is 9.52 Å². The second-order valence-corrected chi connectivity index (χ2v) is 6.69. The average Bonchev–Trinajstić information content (AvgIpc) is 3.24. The zero-order valence-corrected chi connectivity index (χ0v) is 15.0. The number of carboxylic acid groups (broad SMARTS) is 1. The van der Waals surface area contributed by atoms with Gasteiger partial charge in [0, 0.05) is 23.7 Å². The highest BCUT2D eigenvalue weighted by atomic mass is 79.9. The lowest BCUT2D eigenvalue weighted by Crippen LogP contribution is -2.26. The number of aliphatic carboxylic acids is 1. The molecule has 0 saturated carbocycles. The maximum atomic E-state index is 12.5. The predicted molar refractivity (Wildman–Crippen MR) is 95.1 cm³/mol. The van der Waals surface area contributed by atoms with Crippen LogP contribution in [-0.4, -0.2) is 27.7 Å². The number of hydrogen-bond donors (Lipinski definition) is 1. The Kier molecular flexibility index (Phi) is 5.33. The van der Waals surface area contributed by atoms with E-state index in [0.29, 0.717) is 18.6 Å². The molecule has 0 fully saturated rings. The molecular formula is C18H17BrN2O4. The van der Waals surface area contributed by atoms with Crippen molar-refractivity contribution < 1.29 is 19.1 Å². The van der Waals surface area contributed by atoms with Crippen LogP contribution in [0.1, 0.15) is 43.0 Å². The molecule has 0 spiro atoms. The molecule has 130 valence electrons. The molecule has 0 aliphatic carbocycles. The van der Waals surface area contributed by atoms with Crippen molar-refractivity contribution in [3.8, 4) is 0 Å². The third-order valence-electron chi connectivity index (χ3n) is 4.00. The first-order valence-corrected chi connectivity index (χ1v) is 8.74. The van der Waals surface area contributed by atoms with Gasteiger partial charge in [0.15, 0.2) is 0 Å². The molecule has 1 atom stereocenters. The van der Waals surface area contributed by atoms with Gasteiger partial charge in [-0.05, 0) is 36.2 Å². The Labute approximate surface area is 153 Å². The number of nitrogens with zero attached hydrogens (tertiary/aromatic N) is 2. The predicted octanol–water partition coefficient (Wildman–Crippen LogP) is 3.97. The van der Waals surface area contributed by atoms with Gasteiger partial charge in [-0.2, -0.15) is 5.10 Å². The summed E-state index contributed by atoms with van der Waals surface area (Å²) < 4.78 is 6.45. The van der Waals surface area contributed by atoms with E-state index < -0.39 is 5.97 Å². The topological polar surface area (TPSA) is 83.1 Å². The van der Waals surface area contributed by atoms with Gasteiger partial charge in [0.05, 0.1) is 12.0 Å². The van der Waals surface area contributed by atoms with Gasteiger partial charge in [0.1, 0.15) is 11.8 Å². The molecular weight excluding hydrogens is 388 g/mol. The molecule has 0 unspecified atom stereocenters. The van der Waals surface area contributed by atoms with Crippen LogP contribution in [0.3, 0.4) is 0 Å². The first-order chi connectivity index (χ1) is 12.0. The van der Waals surface area contributed by atoms with Crippen LogP contribution < -0.4 is 0 Å². The van der Waals surface area contributed by atoms with Crippen molar-refractivity contribution in [3.63, 3.8) is 0 Å². The van der Waals surface area contributed by atoms with Crippen LogP contribution in [0.5, 0.6) is 0 Å². The van der Waals surface area contributed by atoms with Crippen LogP contribution >= 0.6 is 15.9 Å². The summed E-state index contributed by atoms with van der Waals surface area (Å²) >= 11 is 3.41. The van der Waals surface area contributed by atoms with Crippen LogP contribution in [0.2, 0.25) is 0 Å². The quantitative estimate of drug-likeness (QED) is 0.788. The summed E-state index contributed by atoms with van der Waals surface area (Å²) in [6.07, 6.45) is 2.52. The summed E-state index contributed by atoms with van der Waals surface area (Å²) in [4.78, 5) is 23.2. The molecule has 0 saturated heterocycles. The molecule has 1 N–H and O–H groups in total. The Morgan fingerprint density at radius 3 is 2.64 bits per heavy atom. The molecule has 3 rings (SSSR count). The van der Waals surface area contributed by atoms with Crippen molar-refractivity contribution in [2.45, 2.75) is 31.7 Å². The number of furan rings is 1. The number of rotatable bonds is 6.